The van der Waals surface area contributed by atoms with Crippen LogP contribution in [-0.4, -0.2) is 42.2 Å². The number of aromatic hydroxyl groups is 6. The summed E-state index contributed by atoms with van der Waals surface area (Å²) in [5.41, 5.74) is -0.754. The van der Waals surface area contributed by atoms with Crippen LogP contribution in [0.15, 0.2) is 48.5 Å². The van der Waals surface area contributed by atoms with Gasteiger partial charge in [-0.3, -0.25) is 9.59 Å². The number of ketones is 2. The fraction of sp³-hybridized carbons (Fsp3) is 0. The maximum absolute atomic E-state index is 12.5. The van der Waals surface area contributed by atoms with Gasteiger partial charge in [0.2, 0.25) is 11.6 Å². The first-order chi connectivity index (χ1) is 13.2. The van der Waals surface area contributed by atoms with Crippen LogP contribution in [0.5, 0.6) is 34.5 Å². The fourth-order valence-corrected chi connectivity index (χ4v) is 2.72. The van der Waals surface area contributed by atoms with Crippen LogP contribution in [0.2, 0.25) is 0 Å². The van der Waals surface area contributed by atoms with Gasteiger partial charge in [-0.2, -0.15) is 0 Å². The molecule has 3 rings (SSSR count). The van der Waals surface area contributed by atoms with Crippen molar-refractivity contribution in [2.75, 3.05) is 0 Å². The molecule has 0 heterocycles. The van der Waals surface area contributed by atoms with Gasteiger partial charge in [-0.05, 0) is 0 Å². The van der Waals surface area contributed by atoms with Crippen molar-refractivity contribution in [1.29, 1.82) is 0 Å². The van der Waals surface area contributed by atoms with Gasteiger partial charge in [-0.15, -0.1) is 0 Å². The van der Waals surface area contributed by atoms with Crippen molar-refractivity contribution in [2.45, 2.75) is 0 Å². The molecule has 0 aliphatic heterocycles. The number of phenolic OH excluding ortho intramolecular Hbond substituents is 6. The zero-order chi connectivity index (χ0) is 20.6. The second kappa shape index (κ2) is 6.84. The summed E-state index contributed by atoms with van der Waals surface area (Å²) in [7, 11) is 0. The zero-order valence-electron chi connectivity index (χ0n) is 14.1. The number of carbonyl (C=O) groups excluding carboxylic acids is 2. The molecule has 0 aliphatic rings. The van der Waals surface area contributed by atoms with E-state index in [4.69, 9.17) is 0 Å². The zero-order valence-corrected chi connectivity index (χ0v) is 14.1. The molecular formula is C20H14O8. The molecule has 0 amide bonds. The molecule has 8 nitrogen and oxygen atoms in total. The van der Waals surface area contributed by atoms with Gasteiger partial charge in [0.05, 0.1) is 0 Å². The summed E-state index contributed by atoms with van der Waals surface area (Å²) in [5.74, 6) is -4.76. The Balaban J connectivity index is 1.95. The molecule has 3 aromatic rings. The first kappa shape index (κ1) is 18.6. The van der Waals surface area contributed by atoms with Crippen molar-refractivity contribution < 1.29 is 40.2 Å². The average molecular weight is 382 g/mol. The Morgan fingerprint density at radius 1 is 0.500 bits per heavy atom. The molecule has 28 heavy (non-hydrogen) atoms. The third-order valence-corrected chi connectivity index (χ3v) is 4.03. The van der Waals surface area contributed by atoms with E-state index in [1.165, 1.54) is 24.3 Å². The third kappa shape index (κ3) is 3.26. The predicted molar refractivity (Wildman–Crippen MR) is 96.2 cm³/mol. The van der Waals surface area contributed by atoms with E-state index >= 15 is 0 Å². The molecule has 6 N–H and O–H groups in total. The Morgan fingerprint density at radius 2 is 0.750 bits per heavy atom. The van der Waals surface area contributed by atoms with Crippen molar-refractivity contribution in [3.05, 3.63) is 70.8 Å². The van der Waals surface area contributed by atoms with Crippen LogP contribution >= 0.6 is 0 Å². The van der Waals surface area contributed by atoms with E-state index in [0.717, 1.165) is 24.3 Å². The summed E-state index contributed by atoms with van der Waals surface area (Å²) in [6.07, 6.45) is 0. The summed E-state index contributed by atoms with van der Waals surface area (Å²) in [6, 6.07) is 8.65. The number of hydrogen-bond donors (Lipinski definition) is 6. The van der Waals surface area contributed by atoms with Gasteiger partial charge in [0.15, 0.2) is 0 Å². The summed E-state index contributed by atoms with van der Waals surface area (Å²) in [6.45, 7) is 0. The van der Waals surface area contributed by atoms with Gasteiger partial charge in [0.1, 0.15) is 45.6 Å². The van der Waals surface area contributed by atoms with Crippen molar-refractivity contribution in [2.24, 2.45) is 0 Å². The topological polar surface area (TPSA) is 156 Å². The largest absolute Gasteiger partial charge is 0.508 e. The number of hydrogen-bond acceptors (Lipinski definition) is 8. The molecule has 0 saturated carbocycles. The Morgan fingerprint density at radius 3 is 1.00 bits per heavy atom. The number of rotatable bonds is 4. The highest BCUT2D eigenvalue weighted by molar-refractivity contribution is 6.15. The quantitative estimate of drug-likeness (QED) is 0.376. The maximum atomic E-state index is 12.5. The normalized spacial score (nSPS) is 10.6. The first-order valence-electron chi connectivity index (χ1n) is 7.88. The highest BCUT2D eigenvalue weighted by Gasteiger charge is 2.22. The summed E-state index contributed by atoms with van der Waals surface area (Å²) < 4.78 is 0. The van der Waals surface area contributed by atoms with E-state index in [2.05, 4.69) is 0 Å². The van der Waals surface area contributed by atoms with Gasteiger partial charge in [-0.1, -0.05) is 24.3 Å². The van der Waals surface area contributed by atoms with E-state index < -0.39 is 57.2 Å². The molecule has 0 aromatic heterocycles. The Bertz CT molecular complexity index is 965. The third-order valence-electron chi connectivity index (χ3n) is 4.03. The van der Waals surface area contributed by atoms with Crippen molar-refractivity contribution in [3.8, 4) is 34.5 Å². The van der Waals surface area contributed by atoms with E-state index in [-0.39, 0.29) is 11.1 Å². The molecule has 0 unspecified atom stereocenters. The lowest BCUT2D eigenvalue weighted by Gasteiger charge is -2.09. The number of carbonyl (C=O) groups is 2. The number of phenols is 6. The van der Waals surface area contributed by atoms with Crippen molar-refractivity contribution in [1.82, 2.24) is 0 Å². The van der Waals surface area contributed by atoms with Crippen LogP contribution in [0.1, 0.15) is 31.8 Å². The monoisotopic (exact) mass is 382 g/mol. The Labute approximate surface area is 157 Å². The summed E-state index contributed by atoms with van der Waals surface area (Å²) >= 11 is 0. The fourth-order valence-electron chi connectivity index (χ4n) is 2.72. The standard InChI is InChI=1S/C20H14O8/c21-11-5-13(23)17(14(24)6-11)19(27)9-1-2-10(4-3-9)20(28)18-15(25)7-12(22)8-16(18)26/h1-8,21-26H. The smallest absolute Gasteiger partial charge is 0.200 e. The molecule has 0 aliphatic carbocycles. The molecule has 142 valence electrons. The van der Waals surface area contributed by atoms with Crippen LogP contribution in [0.4, 0.5) is 0 Å². The van der Waals surface area contributed by atoms with Crippen LogP contribution < -0.4 is 0 Å². The second-order valence-electron chi connectivity index (χ2n) is 5.95. The Hall–Kier alpha value is -4.20. The average Bonchev–Trinajstić information content (AvgIpc) is 2.60. The predicted octanol–water partition coefficient (Wildman–Crippen LogP) is 2.38. The highest BCUT2D eigenvalue weighted by Crippen LogP contribution is 2.35. The minimum atomic E-state index is -0.746. The van der Waals surface area contributed by atoms with Crippen LogP contribution in [0, 0.1) is 0 Å². The van der Waals surface area contributed by atoms with Crippen LogP contribution in [0.25, 0.3) is 0 Å². The summed E-state index contributed by atoms with van der Waals surface area (Å²) in [5, 5.41) is 57.9. The molecule has 0 fully saturated rings. The lowest BCUT2D eigenvalue weighted by Crippen LogP contribution is -2.05. The molecule has 8 heteroatoms. The lowest BCUT2D eigenvalue weighted by atomic mass is 9.97. The molecule has 0 bridgehead atoms. The molecule has 3 aromatic carbocycles. The molecule has 0 atom stereocenters. The Kier molecular flexibility index (Phi) is 4.54. The molecule has 0 saturated heterocycles. The molecular weight excluding hydrogens is 368 g/mol. The van der Waals surface area contributed by atoms with Crippen LogP contribution in [-0.2, 0) is 0 Å². The maximum Gasteiger partial charge on any atom is 0.200 e. The SMILES string of the molecule is O=C(c1ccc(C(=O)c2c(O)cc(O)cc2O)cc1)c1c(O)cc(O)cc1O. The second-order valence-corrected chi connectivity index (χ2v) is 5.95. The van der Waals surface area contributed by atoms with Crippen molar-refractivity contribution in [3.63, 3.8) is 0 Å². The van der Waals surface area contributed by atoms with E-state index in [0.29, 0.717) is 0 Å². The summed E-state index contributed by atoms with van der Waals surface area (Å²) in [4.78, 5) is 25.0. The minimum Gasteiger partial charge on any atom is -0.508 e. The minimum absolute atomic E-state index is 0.0342. The lowest BCUT2D eigenvalue weighted by molar-refractivity contribution is 0.102. The number of benzene rings is 3. The highest BCUT2D eigenvalue weighted by atomic mass is 16.3. The van der Waals surface area contributed by atoms with Gasteiger partial charge in [0, 0.05) is 35.4 Å². The molecule has 0 radical (unpaired) electrons. The van der Waals surface area contributed by atoms with E-state index in [9.17, 15) is 40.2 Å². The first-order valence-corrected chi connectivity index (χ1v) is 7.88. The van der Waals surface area contributed by atoms with Gasteiger partial charge >= 0.3 is 0 Å². The van der Waals surface area contributed by atoms with E-state index in [1.54, 1.807) is 0 Å². The van der Waals surface area contributed by atoms with Crippen LogP contribution in [0.3, 0.4) is 0 Å². The molecule has 0 spiro atoms. The van der Waals surface area contributed by atoms with Gasteiger partial charge in [0.25, 0.3) is 0 Å². The van der Waals surface area contributed by atoms with Crippen molar-refractivity contribution >= 4 is 11.6 Å². The van der Waals surface area contributed by atoms with Gasteiger partial charge in [-0.25, -0.2) is 0 Å². The van der Waals surface area contributed by atoms with E-state index in [1.807, 2.05) is 0 Å². The van der Waals surface area contributed by atoms with Gasteiger partial charge < -0.3 is 30.6 Å².